The first-order valence-corrected chi connectivity index (χ1v) is 13.8. The van der Waals surface area contributed by atoms with Crippen molar-refractivity contribution in [1.29, 1.82) is 0 Å². The van der Waals surface area contributed by atoms with Crippen molar-refractivity contribution in [2.24, 2.45) is 0 Å². The molecule has 0 radical (unpaired) electrons. The number of allylic oxidation sites excluding steroid dienone is 2. The molecule has 40 heavy (non-hydrogen) atoms. The van der Waals surface area contributed by atoms with Gasteiger partial charge in [-0.15, -0.1) is 0 Å². The Labute approximate surface area is 235 Å². The Kier molecular flexibility index (Phi) is 9.25. The summed E-state index contributed by atoms with van der Waals surface area (Å²) in [5, 5.41) is 7.90. The number of benzene rings is 3. The fourth-order valence-electron chi connectivity index (χ4n) is 5.14. The Bertz CT molecular complexity index is 1360. The molecule has 4 unspecified atom stereocenters. The van der Waals surface area contributed by atoms with Gasteiger partial charge in [0.2, 0.25) is 5.91 Å². The highest BCUT2D eigenvalue weighted by Crippen LogP contribution is 2.32. The minimum atomic E-state index is -0.991. The molecule has 4 atom stereocenters. The lowest BCUT2D eigenvalue weighted by Crippen LogP contribution is -2.56. The topological polar surface area (TPSA) is 93.7 Å². The van der Waals surface area contributed by atoms with Crippen molar-refractivity contribution in [2.45, 2.75) is 70.1 Å². The molecule has 0 aromatic heterocycles. The third-order valence-electron chi connectivity index (χ3n) is 6.97. The van der Waals surface area contributed by atoms with Crippen LogP contribution in [0.25, 0.3) is 10.8 Å². The highest BCUT2D eigenvalue weighted by molar-refractivity contribution is 5.91. The summed E-state index contributed by atoms with van der Waals surface area (Å²) in [6, 6.07) is 21.7. The van der Waals surface area contributed by atoms with Gasteiger partial charge in [-0.1, -0.05) is 84.9 Å². The first-order chi connectivity index (χ1) is 19.2. The van der Waals surface area contributed by atoms with Gasteiger partial charge in [-0.2, -0.15) is 0 Å². The van der Waals surface area contributed by atoms with Gasteiger partial charge in [0.05, 0.1) is 6.61 Å². The van der Waals surface area contributed by atoms with E-state index in [0.717, 1.165) is 21.9 Å². The van der Waals surface area contributed by atoms with Gasteiger partial charge in [0, 0.05) is 11.8 Å². The summed E-state index contributed by atoms with van der Waals surface area (Å²) in [4.78, 5) is 40.3. The smallest absolute Gasteiger partial charge is 0.408 e. The summed E-state index contributed by atoms with van der Waals surface area (Å²) in [6.07, 6.45) is 4.40. The maximum absolute atomic E-state index is 14.0. The number of hydrogen-bond donors (Lipinski definition) is 2. The Morgan fingerprint density at radius 3 is 2.20 bits per heavy atom. The predicted octanol–water partition coefficient (Wildman–Crippen LogP) is 6.00. The first kappa shape index (κ1) is 28.9. The molecular formula is C33H38N2O5. The van der Waals surface area contributed by atoms with E-state index in [0.29, 0.717) is 12.8 Å². The quantitative estimate of drug-likeness (QED) is 0.305. The average molecular weight is 543 g/mol. The van der Waals surface area contributed by atoms with Crippen molar-refractivity contribution >= 4 is 28.7 Å². The maximum atomic E-state index is 14.0. The van der Waals surface area contributed by atoms with E-state index in [1.807, 2.05) is 78.9 Å². The number of amides is 2. The summed E-state index contributed by atoms with van der Waals surface area (Å²) >= 11 is 0. The third kappa shape index (κ3) is 7.29. The third-order valence-corrected chi connectivity index (χ3v) is 6.97. The summed E-state index contributed by atoms with van der Waals surface area (Å²) in [7, 11) is 0. The molecule has 1 heterocycles. The van der Waals surface area contributed by atoms with Crippen LogP contribution in [-0.4, -0.2) is 42.3 Å². The number of ether oxygens (including phenoxy) is 2. The Morgan fingerprint density at radius 1 is 0.875 bits per heavy atom. The number of nitrogens with one attached hydrogen (secondary N) is 2. The van der Waals surface area contributed by atoms with Gasteiger partial charge in [-0.3, -0.25) is 4.79 Å². The van der Waals surface area contributed by atoms with E-state index in [9.17, 15) is 14.4 Å². The molecule has 1 aliphatic heterocycles. The molecule has 0 aliphatic carbocycles. The molecule has 7 nitrogen and oxygen atoms in total. The number of rotatable bonds is 5. The highest BCUT2D eigenvalue weighted by Gasteiger charge is 2.38. The zero-order valence-corrected chi connectivity index (χ0v) is 23.6. The van der Waals surface area contributed by atoms with Crippen molar-refractivity contribution in [3.05, 3.63) is 96.1 Å². The summed E-state index contributed by atoms with van der Waals surface area (Å²) in [6.45, 7) is 7.22. The number of carbonyl (C=O) groups excluding carboxylic acids is 3. The van der Waals surface area contributed by atoms with Crippen LogP contribution in [0, 0.1) is 0 Å². The van der Waals surface area contributed by atoms with Crippen LogP contribution in [0.2, 0.25) is 0 Å². The second kappa shape index (κ2) is 12.8. The van der Waals surface area contributed by atoms with Gasteiger partial charge < -0.3 is 20.1 Å². The molecule has 0 saturated heterocycles. The molecule has 3 aromatic carbocycles. The van der Waals surface area contributed by atoms with E-state index in [4.69, 9.17) is 9.47 Å². The maximum Gasteiger partial charge on any atom is 0.408 e. The van der Waals surface area contributed by atoms with Gasteiger partial charge in [0.25, 0.3) is 0 Å². The van der Waals surface area contributed by atoms with Crippen LogP contribution in [-0.2, 0) is 19.1 Å². The van der Waals surface area contributed by atoms with Crippen LogP contribution >= 0.6 is 0 Å². The average Bonchev–Trinajstić information content (AvgIpc) is 2.92. The minimum Gasteiger partial charge on any atom is -0.464 e. The summed E-state index contributed by atoms with van der Waals surface area (Å²) in [5.74, 6) is -1.75. The zero-order valence-electron chi connectivity index (χ0n) is 23.6. The minimum absolute atomic E-state index is 0.178. The molecule has 3 aromatic rings. The molecule has 7 heteroatoms. The number of hydrogen-bond acceptors (Lipinski definition) is 5. The first-order valence-electron chi connectivity index (χ1n) is 13.8. The number of fused-ring (bicyclic) bond motifs is 1. The van der Waals surface area contributed by atoms with E-state index in [-0.39, 0.29) is 18.4 Å². The van der Waals surface area contributed by atoms with Crippen molar-refractivity contribution in [3.8, 4) is 0 Å². The summed E-state index contributed by atoms with van der Waals surface area (Å²) in [5.41, 5.74) is 1.06. The van der Waals surface area contributed by atoms with Crippen LogP contribution in [0.3, 0.4) is 0 Å². The van der Waals surface area contributed by atoms with E-state index in [2.05, 4.69) is 16.7 Å². The van der Waals surface area contributed by atoms with Crippen LogP contribution in [0.1, 0.15) is 63.5 Å². The lowest BCUT2D eigenvalue weighted by atomic mass is 9.83. The molecule has 4 rings (SSSR count). The number of alkyl carbamates (subject to hydrolysis) is 1. The molecular weight excluding hydrogens is 504 g/mol. The lowest BCUT2D eigenvalue weighted by molar-refractivity contribution is -0.148. The second-order valence-electron chi connectivity index (χ2n) is 11.0. The highest BCUT2D eigenvalue weighted by atomic mass is 16.6. The molecule has 0 bridgehead atoms. The molecule has 1 aliphatic rings. The van der Waals surface area contributed by atoms with Crippen LogP contribution < -0.4 is 10.6 Å². The molecule has 210 valence electrons. The largest absolute Gasteiger partial charge is 0.464 e. The van der Waals surface area contributed by atoms with Crippen LogP contribution in [0.15, 0.2) is 84.9 Å². The van der Waals surface area contributed by atoms with Crippen molar-refractivity contribution in [2.75, 3.05) is 6.61 Å². The predicted molar refractivity (Wildman–Crippen MR) is 156 cm³/mol. The molecule has 0 spiro atoms. The number of esters is 1. The molecule has 0 fully saturated rings. The standard InChI is InChI=1S/C33H38N2O5/c1-5-39-31(37)29-27(25-20-19-22-13-9-10-16-24(22)21-25)18-12-11-17-26(23-14-7-6-8-15-23)28(30(36)34-29)35-32(38)40-33(2,3)4/h6-16,19-21,26-29H,5,17-18H2,1-4H3,(H,34,36)(H,35,38)/b12-11-. The van der Waals surface area contributed by atoms with E-state index >= 15 is 0 Å². The Morgan fingerprint density at radius 2 is 1.52 bits per heavy atom. The van der Waals surface area contributed by atoms with E-state index < -0.39 is 35.7 Å². The van der Waals surface area contributed by atoms with Crippen molar-refractivity contribution in [1.82, 2.24) is 10.6 Å². The van der Waals surface area contributed by atoms with Gasteiger partial charge >= 0.3 is 12.1 Å². The molecule has 0 saturated carbocycles. The van der Waals surface area contributed by atoms with Gasteiger partial charge in [-0.05, 0) is 62.4 Å². The fraction of sp³-hybridized carbons (Fsp3) is 0.364. The lowest BCUT2D eigenvalue weighted by Gasteiger charge is -2.33. The van der Waals surface area contributed by atoms with E-state index in [1.54, 1.807) is 27.7 Å². The second-order valence-corrected chi connectivity index (χ2v) is 11.0. The van der Waals surface area contributed by atoms with Crippen LogP contribution in [0.4, 0.5) is 4.79 Å². The van der Waals surface area contributed by atoms with Crippen LogP contribution in [0.5, 0.6) is 0 Å². The van der Waals surface area contributed by atoms with E-state index in [1.165, 1.54) is 0 Å². The summed E-state index contributed by atoms with van der Waals surface area (Å²) < 4.78 is 10.9. The zero-order chi connectivity index (χ0) is 28.7. The Balaban J connectivity index is 1.75. The normalized spacial score (nSPS) is 22.6. The number of carbonyl (C=O) groups is 3. The van der Waals surface area contributed by atoms with Gasteiger partial charge in [-0.25, -0.2) is 9.59 Å². The molecule has 2 amide bonds. The van der Waals surface area contributed by atoms with Gasteiger partial charge in [0.15, 0.2) is 0 Å². The molecule has 2 N–H and O–H groups in total. The Hall–Kier alpha value is -4.13. The monoisotopic (exact) mass is 542 g/mol. The fourth-order valence-corrected chi connectivity index (χ4v) is 5.14. The SMILES string of the molecule is CCOC(=O)C1NC(=O)C(NC(=O)OC(C)(C)C)C(c2ccccc2)C/C=C\CC1c1ccc2ccccc2c1. The van der Waals surface area contributed by atoms with Gasteiger partial charge in [0.1, 0.15) is 17.7 Å². The van der Waals surface area contributed by atoms with Crippen molar-refractivity contribution < 1.29 is 23.9 Å². The van der Waals surface area contributed by atoms with Crippen molar-refractivity contribution in [3.63, 3.8) is 0 Å².